The maximum absolute atomic E-state index is 12.0. The van der Waals surface area contributed by atoms with E-state index in [9.17, 15) is 4.79 Å². The molecule has 0 saturated carbocycles. The number of nitrogens with one attached hydrogen (secondary N) is 1. The molecule has 2 aromatic rings. The lowest BCUT2D eigenvalue weighted by Crippen LogP contribution is -2.20. The smallest absolute Gasteiger partial charge is 0.244 e. The van der Waals surface area contributed by atoms with E-state index in [1.807, 2.05) is 50.2 Å². The van der Waals surface area contributed by atoms with E-state index >= 15 is 0 Å². The first-order valence-corrected chi connectivity index (χ1v) is 7.80. The van der Waals surface area contributed by atoms with Gasteiger partial charge in [-0.2, -0.15) is 5.10 Å². The van der Waals surface area contributed by atoms with Gasteiger partial charge >= 0.3 is 0 Å². The van der Waals surface area contributed by atoms with Crippen LogP contribution in [0.2, 0.25) is 0 Å². The Kier molecular flexibility index (Phi) is 6.32. The van der Waals surface area contributed by atoms with Gasteiger partial charge in [-0.15, -0.1) is 0 Å². The summed E-state index contributed by atoms with van der Waals surface area (Å²) in [6.07, 6.45) is 3.60. The maximum atomic E-state index is 12.0. The standard InChI is InChI=1S/C20H22N2O2/c1-4-10-24-19-7-5-6-17(12-19)14-21-22-20(23)13-18-9-8-15(2)11-16(18)3/h4-9,11-12,14H,1,10,13H2,2-3H3,(H,22,23)/b21-14+. The van der Waals surface area contributed by atoms with Gasteiger partial charge in [0.15, 0.2) is 0 Å². The molecule has 124 valence electrons. The fourth-order valence-corrected chi connectivity index (χ4v) is 2.28. The molecule has 1 amide bonds. The molecule has 0 unspecified atom stereocenters. The SMILES string of the molecule is C=CCOc1cccc(/C=N/NC(=O)Cc2ccc(C)cc2C)c1. The molecule has 0 bridgehead atoms. The molecule has 0 saturated heterocycles. The molecule has 2 aromatic carbocycles. The molecule has 1 N–H and O–H groups in total. The Morgan fingerprint density at radius 3 is 2.83 bits per heavy atom. The molecule has 2 rings (SSSR count). The van der Waals surface area contributed by atoms with Crippen molar-refractivity contribution >= 4 is 12.1 Å². The average Bonchev–Trinajstić information content (AvgIpc) is 2.56. The highest BCUT2D eigenvalue weighted by Crippen LogP contribution is 2.12. The molecule has 4 nitrogen and oxygen atoms in total. The Balaban J connectivity index is 1.91. The van der Waals surface area contributed by atoms with Crippen LogP contribution in [0.5, 0.6) is 5.75 Å². The molecule has 0 atom stereocenters. The topological polar surface area (TPSA) is 50.7 Å². The molecule has 0 aliphatic rings. The van der Waals surface area contributed by atoms with Crippen LogP contribution < -0.4 is 10.2 Å². The van der Waals surface area contributed by atoms with Crippen LogP contribution >= 0.6 is 0 Å². The van der Waals surface area contributed by atoms with Crippen LogP contribution in [0.3, 0.4) is 0 Å². The van der Waals surface area contributed by atoms with Gasteiger partial charge in [0.1, 0.15) is 12.4 Å². The summed E-state index contributed by atoms with van der Waals surface area (Å²) >= 11 is 0. The Labute approximate surface area is 142 Å². The number of amides is 1. The van der Waals surface area contributed by atoms with Gasteiger partial charge in [0, 0.05) is 0 Å². The molecule has 24 heavy (non-hydrogen) atoms. The van der Waals surface area contributed by atoms with Crippen molar-refractivity contribution in [2.24, 2.45) is 5.10 Å². The Morgan fingerprint density at radius 2 is 2.08 bits per heavy atom. The highest BCUT2D eigenvalue weighted by atomic mass is 16.5. The fourth-order valence-electron chi connectivity index (χ4n) is 2.28. The van der Waals surface area contributed by atoms with Gasteiger partial charge in [-0.05, 0) is 42.7 Å². The van der Waals surface area contributed by atoms with Crippen molar-refractivity contribution in [2.45, 2.75) is 20.3 Å². The van der Waals surface area contributed by atoms with Crippen molar-refractivity contribution in [1.82, 2.24) is 5.43 Å². The summed E-state index contributed by atoms with van der Waals surface area (Å²) in [5, 5.41) is 4.01. The zero-order valence-corrected chi connectivity index (χ0v) is 14.1. The van der Waals surface area contributed by atoms with Crippen molar-refractivity contribution in [3.05, 3.63) is 77.4 Å². The third-order valence-electron chi connectivity index (χ3n) is 3.48. The summed E-state index contributed by atoms with van der Waals surface area (Å²) in [4.78, 5) is 12.0. The van der Waals surface area contributed by atoms with E-state index in [4.69, 9.17) is 4.74 Å². The molecule has 4 heteroatoms. The first-order chi connectivity index (χ1) is 11.6. The third-order valence-corrected chi connectivity index (χ3v) is 3.48. The monoisotopic (exact) mass is 322 g/mol. The largest absolute Gasteiger partial charge is 0.490 e. The molecule has 0 aliphatic heterocycles. The minimum absolute atomic E-state index is 0.141. The van der Waals surface area contributed by atoms with E-state index < -0.39 is 0 Å². The minimum Gasteiger partial charge on any atom is -0.490 e. The molecule has 0 radical (unpaired) electrons. The molecular formula is C20H22N2O2. The second kappa shape index (κ2) is 8.67. The number of rotatable bonds is 7. The van der Waals surface area contributed by atoms with E-state index in [1.54, 1.807) is 12.3 Å². The van der Waals surface area contributed by atoms with Gasteiger partial charge in [-0.3, -0.25) is 4.79 Å². The summed E-state index contributed by atoms with van der Waals surface area (Å²) in [6, 6.07) is 13.5. The van der Waals surface area contributed by atoms with Crippen LogP contribution in [0, 0.1) is 13.8 Å². The summed E-state index contributed by atoms with van der Waals surface area (Å²) in [7, 11) is 0. The lowest BCUT2D eigenvalue weighted by molar-refractivity contribution is -0.120. The van der Waals surface area contributed by atoms with Crippen LogP contribution in [-0.4, -0.2) is 18.7 Å². The van der Waals surface area contributed by atoms with E-state index in [-0.39, 0.29) is 5.91 Å². The van der Waals surface area contributed by atoms with Crippen molar-refractivity contribution in [3.8, 4) is 5.75 Å². The van der Waals surface area contributed by atoms with E-state index in [2.05, 4.69) is 23.2 Å². The minimum atomic E-state index is -0.141. The van der Waals surface area contributed by atoms with Crippen molar-refractivity contribution in [2.75, 3.05) is 6.61 Å². The van der Waals surface area contributed by atoms with E-state index in [1.165, 1.54) is 5.56 Å². The lowest BCUT2D eigenvalue weighted by Gasteiger charge is -2.06. The highest BCUT2D eigenvalue weighted by molar-refractivity contribution is 5.83. The fraction of sp³-hybridized carbons (Fsp3) is 0.200. The molecular weight excluding hydrogens is 300 g/mol. The number of carbonyl (C=O) groups is 1. The number of carbonyl (C=O) groups excluding carboxylic acids is 1. The van der Waals surface area contributed by atoms with Crippen molar-refractivity contribution in [3.63, 3.8) is 0 Å². The summed E-state index contributed by atoms with van der Waals surface area (Å²) in [5.74, 6) is 0.595. The summed E-state index contributed by atoms with van der Waals surface area (Å²) < 4.78 is 5.46. The molecule has 0 heterocycles. The van der Waals surface area contributed by atoms with Crippen LogP contribution in [-0.2, 0) is 11.2 Å². The van der Waals surface area contributed by atoms with E-state index in [0.717, 1.165) is 22.4 Å². The Bertz CT molecular complexity index is 751. The van der Waals surface area contributed by atoms with Gasteiger partial charge in [0.25, 0.3) is 0 Å². The van der Waals surface area contributed by atoms with Crippen LogP contribution in [0.25, 0.3) is 0 Å². The summed E-state index contributed by atoms with van der Waals surface area (Å²) in [6.45, 7) is 8.11. The second-order valence-electron chi connectivity index (χ2n) is 5.57. The molecule has 0 aromatic heterocycles. The van der Waals surface area contributed by atoms with Crippen molar-refractivity contribution < 1.29 is 9.53 Å². The first-order valence-electron chi connectivity index (χ1n) is 7.80. The quantitative estimate of drug-likeness (QED) is 0.481. The number of benzene rings is 2. The molecule has 0 fully saturated rings. The molecule has 0 aliphatic carbocycles. The lowest BCUT2D eigenvalue weighted by atomic mass is 10.0. The van der Waals surface area contributed by atoms with Crippen molar-refractivity contribution in [1.29, 1.82) is 0 Å². The maximum Gasteiger partial charge on any atom is 0.244 e. The van der Waals surface area contributed by atoms with Gasteiger partial charge < -0.3 is 4.74 Å². The van der Waals surface area contributed by atoms with Crippen LogP contribution in [0.4, 0.5) is 0 Å². The average molecular weight is 322 g/mol. The van der Waals surface area contributed by atoms with Gasteiger partial charge in [0.2, 0.25) is 5.91 Å². The zero-order valence-electron chi connectivity index (χ0n) is 14.1. The predicted octanol–water partition coefficient (Wildman–Crippen LogP) is 3.56. The Morgan fingerprint density at radius 1 is 1.25 bits per heavy atom. The van der Waals surface area contributed by atoms with Gasteiger partial charge in [-0.25, -0.2) is 5.43 Å². The number of hydrazone groups is 1. The number of aryl methyl sites for hydroxylation is 2. The molecule has 0 spiro atoms. The van der Waals surface area contributed by atoms with Crippen LogP contribution in [0.1, 0.15) is 22.3 Å². The van der Waals surface area contributed by atoms with E-state index in [0.29, 0.717) is 13.0 Å². The Hall–Kier alpha value is -2.88. The van der Waals surface area contributed by atoms with Crippen LogP contribution in [0.15, 0.2) is 60.2 Å². The normalized spacial score (nSPS) is 10.6. The zero-order chi connectivity index (χ0) is 17.4. The second-order valence-corrected chi connectivity index (χ2v) is 5.57. The summed E-state index contributed by atoms with van der Waals surface area (Å²) in [5.41, 5.74) is 6.72. The first kappa shape index (κ1) is 17.5. The van der Waals surface area contributed by atoms with Gasteiger partial charge in [-0.1, -0.05) is 48.6 Å². The highest BCUT2D eigenvalue weighted by Gasteiger charge is 2.05. The number of hydrogen-bond acceptors (Lipinski definition) is 3. The number of hydrogen-bond donors (Lipinski definition) is 1. The number of ether oxygens (including phenoxy) is 1. The predicted molar refractivity (Wildman–Crippen MR) is 97.5 cm³/mol. The number of nitrogens with zero attached hydrogens (tertiary/aromatic N) is 1. The third kappa shape index (κ3) is 5.39. The van der Waals surface area contributed by atoms with Gasteiger partial charge in [0.05, 0.1) is 12.6 Å².